The monoisotopic (exact) mass is 472 g/mol. The third-order valence-electron chi connectivity index (χ3n) is 4.93. The topological polar surface area (TPSA) is 178 Å². The van der Waals surface area contributed by atoms with Crippen LogP contribution in [0.15, 0.2) is 30.3 Å². The Hall–Kier alpha value is -2.61. The number of carbonyl (C=O) groups is 3. The van der Waals surface area contributed by atoms with Crippen LogP contribution < -0.4 is 0 Å². The molecule has 3 unspecified atom stereocenters. The van der Waals surface area contributed by atoms with E-state index in [1.807, 2.05) is 0 Å². The normalized spacial score (nSPS) is 25.0. The lowest BCUT2D eigenvalue weighted by molar-refractivity contribution is -0.207. The van der Waals surface area contributed by atoms with E-state index in [4.69, 9.17) is 28.8 Å². The van der Waals surface area contributed by atoms with Gasteiger partial charge in [-0.2, -0.15) is 0 Å². The summed E-state index contributed by atoms with van der Waals surface area (Å²) in [4.78, 5) is 36.6. The quantitative estimate of drug-likeness (QED) is 0.229. The van der Waals surface area contributed by atoms with Crippen LogP contribution in [0.1, 0.15) is 17.3 Å². The van der Waals surface area contributed by atoms with Gasteiger partial charge in [0.25, 0.3) is 0 Å². The van der Waals surface area contributed by atoms with Crippen molar-refractivity contribution in [2.45, 2.75) is 37.6 Å². The molecule has 33 heavy (non-hydrogen) atoms. The zero-order chi connectivity index (χ0) is 24.6. The number of hydrogen-bond acceptors (Lipinski definition) is 12. The third kappa shape index (κ3) is 6.93. The number of carbonyl (C=O) groups excluding carboxylic acids is 3. The molecule has 2 rings (SSSR count). The van der Waals surface area contributed by atoms with E-state index >= 15 is 0 Å². The highest BCUT2D eigenvalue weighted by Crippen LogP contribution is 2.28. The molecule has 1 saturated heterocycles. The first-order chi connectivity index (χ1) is 15.6. The number of aliphatic hydroxyl groups is 4. The maximum Gasteiger partial charge on any atom is 0.508 e. The second kappa shape index (κ2) is 12.0. The van der Waals surface area contributed by atoms with Gasteiger partial charge in [0.15, 0.2) is 12.4 Å². The lowest BCUT2D eigenvalue weighted by Crippen LogP contribution is -2.43. The highest BCUT2D eigenvalue weighted by atomic mass is 16.7. The van der Waals surface area contributed by atoms with Crippen molar-refractivity contribution in [3.8, 4) is 0 Å². The predicted molar refractivity (Wildman–Crippen MR) is 108 cm³/mol. The zero-order valence-electron chi connectivity index (χ0n) is 18.2. The lowest BCUT2D eigenvalue weighted by Gasteiger charge is -2.28. The van der Waals surface area contributed by atoms with Gasteiger partial charge >= 0.3 is 12.1 Å². The van der Waals surface area contributed by atoms with Crippen LogP contribution in [0.3, 0.4) is 0 Å². The Balaban J connectivity index is 1.91. The summed E-state index contributed by atoms with van der Waals surface area (Å²) in [6.45, 7) is -0.802. The molecule has 1 aromatic rings. The van der Waals surface area contributed by atoms with Gasteiger partial charge in [0.05, 0.1) is 13.2 Å². The van der Waals surface area contributed by atoms with Crippen LogP contribution in [0.25, 0.3) is 0 Å². The van der Waals surface area contributed by atoms with E-state index in [-0.39, 0.29) is 6.61 Å². The van der Waals surface area contributed by atoms with Gasteiger partial charge in [-0.3, -0.25) is 9.59 Å². The van der Waals surface area contributed by atoms with Crippen LogP contribution in [0, 0.1) is 5.41 Å². The van der Waals surface area contributed by atoms with Gasteiger partial charge in [-0.1, -0.05) is 30.3 Å². The highest BCUT2D eigenvalue weighted by molar-refractivity contribution is 5.97. The predicted octanol–water partition coefficient (Wildman–Crippen LogP) is -0.982. The molecule has 1 aromatic carbocycles. The summed E-state index contributed by atoms with van der Waals surface area (Å²) < 4.78 is 25.0. The number of Topliss-reactive ketones (excluding diaryl/α,β-unsaturated/α-hetero) is 1. The van der Waals surface area contributed by atoms with Gasteiger partial charge in [0.2, 0.25) is 6.29 Å². The molecule has 1 aliphatic rings. The molecule has 0 saturated carbocycles. The molecule has 0 spiro atoms. The Bertz CT molecular complexity index is 800. The zero-order valence-corrected chi connectivity index (χ0v) is 18.2. The largest absolute Gasteiger partial charge is 0.508 e. The maximum atomic E-state index is 12.7. The van der Waals surface area contributed by atoms with Gasteiger partial charge in [-0.05, 0) is 6.92 Å². The molecule has 184 valence electrons. The van der Waals surface area contributed by atoms with Gasteiger partial charge < -0.3 is 44.1 Å². The summed E-state index contributed by atoms with van der Waals surface area (Å²) in [6, 6.07) is 8.16. The van der Waals surface area contributed by atoms with Crippen LogP contribution in [-0.4, -0.2) is 103 Å². The first-order valence-corrected chi connectivity index (χ1v) is 10.0. The fraction of sp³-hybridized carbons (Fsp3) is 0.571. The minimum absolute atomic E-state index is 0.268. The second-order valence-electron chi connectivity index (χ2n) is 7.72. The van der Waals surface area contributed by atoms with Crippen LogP contribution in [0.5, 0.6) is 0 Å². The molecule has 1 heterocycles. The average molecular weight is 472 g/mol. The Labute approximate surface area is 189 Å². The summed E-state index contributed by atoms with van der Waals surface area (Å²) in [7, 11) is 1.29. The number of ether oxygens (including phenoxy) is 5. The van der Waals surface area contributed by atoms with Crippen molar-refractivity contribution in [3.63, 3.8) is 0 Å². The summed E-state index contributed by atoms with van der Waals surface area (Å²) in [5, 5.41) is 38.6. The maximum absolute atomic E-state index is 12.7. The van der Waals surface area contributed by atoms with E-state index in [1.54, 1.807) is 30.3 Å². The Morgan fingerprint density at radius 3 is 2.36 bits per heavy atom. The Morgan fingerprint density at radius 2 is 1.76 bits per heavy atom. The van der Waals surface area contributed by atoms with E-state index in [1.165, 1.54) is 14.0 Å². The Morgan fingerprint density at radius 1 is 1.09 bits per heavy atom. The number of esters is 1. The van der Waals surface area contributed by atoms with E-state index < -0.39 is 73.8 Å². The molecule has 12 heteroatoms. The Kier molecular flexibility index (Phi) is 9.70. The first kappa shape index (κ1) is 26.6. The second-order valence-corrected chi connectivity index (χ2v) is 7.72. The highest BCUT2D eigenvalue weighted by Gasteiger charge is 2.49. The van der Waals surface area contributed by atoms with Crippen LogP contribution >= 0.6 is 0 Å². The average Bonchev–Trinajstić information content (AvgIpc) is 3.09. The lowest BCUT2D eigenvalue weighted by atomic mass is 9.93. The summed E-state index contributed by atoms with van der Waals surface area (Å²) in [5.74, 6) is -1.45. The van der Waals surface area contributed by atoms with Gasteiger partial charge in [-0.25, -0.2) is 4.79 Å². The van der Waals surface area contributed by atoms with Crippen molar-refractivity contribution < 1.29 is 58.5 Å². The SMILES string of the molecule is COCC(C)(COC(=O)OCC(=O)c1ccccc1)C(=O)OC1O[C@H](C(O)CO)[C@H](O)[C@@H]1O. The molecule has 0 aliphatic carbocycles. The molecule has 0 aromatic heterocycles. The van der Waals surface area contributed by atoms with Gasteiger partial charge in [0.1, 0.15) is 36.4 Å². The number of methoxy groups -OCH3 is 1. The number of rotatable bonds is 11. The van der Waals surface area contributed by atoms with Crippen LogP contribution in [-0.2, 0) is 28.5 Å². The van der Waals surface area contributed by atoms with Gasteiger partial charge in [-0.15, -0.1) is 0 Å². The van der Waals surface area contributed by atoms with E-state index in [0.717, 1.165) is 0 Å². The van der Waals surface area contributed by atoms with Gasteiger partial charge in [0, 0.05) is 12.7 Å². The number of aliphatic hydroxyl groups excluding tert-OH is 4. The van der Waals surface area contributed by atoms with Crippen LogP contribution in [0.2, 0.25) is 0 Å². The third-order valence-corrected chi connectivity index (χ3v) is 4.93. The molecule has 1 aliphatic heterocycles. The molecule has 1 fully saturated rings. The number of ketones is 1. The molecule has 6 atom stereocenters. The summed E-state index contributed by atoms with van der Waals surface area (Å²) >= 11 is 0. The van der Waals surface area contributed by atoms with E-state index in [9.17, 15) is 29.7 Å². The molecular weight excluding hydrogens is 444 g/mol. The fourth-order valence-electron chi connectivity index (χ4n) is 3.01. The van der Waals surface area contributed by atoms with Crippen molar-refractivity contribution in [2.75, 3.05) is 33.5 Å². The van der Waals surface area contributed by atoms with Crippen LogP contribution in [0.4, 0.5) is 4.79 Å². The van der Waals surface area contributed by atoms with Crippen molar-refractivity contribution in [1.29, 1.82) is 0 Å². The standard InChI is InChI=1S/C21H28O12/c1-21(10-29-2,11-31-20(28)30-9-14(24)12-6-4-3-5-7-12)19(27)33-18-16(26)15(25)17(32-18)13(23)8-22/h3-7,13,15-18,22-23,25-26H,8-11H2,1-2H3/t13?,15-,16+,17-,18?,21?/m1/s1. The minimum Gasteiger partial charge on any atom is -0.433 e. The molecular formula is C21H28O12. The fourth-order valence-corrected chi connectivity index (χ4v) is 3.01. The summed E-state index contributed by atoms with van der Waals surface area (Å²) in [6.07, 6.45) is -9.06. The molecule has 4 N–H and O–H groups in total. The van der Waals surface area contributed by atoms with Crippen molar-refractivity contribution in [3.05, 3.63) is 35.9 Å². The molecule has 0 bridgehead atoms. The minimum atomic E-state index is -1.69. The number of hydrogen-bond donors (Lipinski definition) is 4. The number of benzene rings is 1. The van der Waals surface area contributed by atoms with Crippen molar-refractivity contribution in [2.24, 2.45) is 5.41 Å². The first-order valence-electron chi connectivity index (χ1n) is 10.0. The molecule has 12 nitrogen and oxygen atoms in total. The van der Waals surface area contributed by atoms with Crippen molar-refractivity contribution >= 4 is 17.9 Å². The smallest absolute Gasteiger partial charge is 0.433 e. The molecule has 0 radical (unpaired) electrons. The van der Waals surface area contributed by atoms with E-state index in [0.29, 0.717) is 5.56 Å². The van der Waals surface area contributed by atoms with Crippen molar-refractivity contribution in [1.82, 2.24) is 0 Å². The summed E-state index contributed by atoms with van der Waals surface area (Å²) in [5.41, 5.74) is -1.22. The molecule has 0 amide bonds. The van der Waals surface area contributed by atoms with E-state index in [2.05, 4.69) is 0 Å².